The quantitative estimate of drug-likeness (QED) is 0.480. The van der Waals surface area contributed by atoms with E-state index < -0.39 is 15.8 Å². The van der Waals surface area contributed by atoms with Gasteiger partial charge in [-0.1, -0.05) is 12.1 Å². The fourth-order valence-corrected chi connectivity index (χ4v) is 4.72. The second-order valence-corrected chi connectivity index (χ2v) is 9.19. The number of anilines is 1. The number of carbonyl (C=O) groups excluding carboxylic acids is 1. The van der Waals surface area contributed by atoms with E-state index in [9.17, 15) is 17.6 Å². The number of thiazole rings is 1. The molecule has 0 spiro atoms. The van der Waals surface area contributed by atoms with E-state index in [0.29, 0.717) is 25.1 Å². The first-order valence-electron chi connectivity index (χ1n) is 9.48. The summed E-state index contributed by atoms with van der Waals surface area (Å²) < 4.78 is 45.1. The number of halogens is 1. The number of amides is 1. The zero-order chi connectivity index (χ0) is 22.3. The molecule has 0 atom stereocenters. The van der Waals surface area contributed by atoms with Crippen LogP contribution in [0.4, 0.5) is 9.52 Å². The highest BCUT2D eigenvalue weighted by molar-refractivity contribution is 7.93. The number of aryl methyl sites for hydroxylation is 1. The fraction of sp³-hybridized carbons (Fsp3) is 0.238. The molecule has 31 heavy (non-hydrogen) atoms. The molecule has 7 nitrogen and oxygen atoms in total. The molecule has 0 bridgehead atoms. The van der Waals surface area contributed by atoms with Gasteiger partial charge in [-0.3, -0.25) is 9.52 Å². The van der Waals surface area contributed by atoms with Crippen LogP contribution in [-0.4, -0.2) is 33.0 Å². The number of aromatic nitrogens is 1. The maximum absolute atomic E-state index is 13.0. The predicted octanol–water partition coefficient (Wildman–Crippen LogP) is 3.38. The summed E-state index contributed by atoms with van der Waals surface area (Å²) in [7, 11) is -2.23. The van der Waals surface area contributed by atoms with Crippen LogP contribution in [0.2, 0.25) is 0 Å². The van der Waals surface area contributed by atoms with Gasteiger partial charge in [0.25, 0.3) is 10.0 Å². The largest absolute Gasteiger partial charge is 0.497 e. The lowest BCUT2D eigenvalue weighted by atomic mass is 10.1. The van der Waals surface area contributed by atoms with Gasteiger partial charge in [0.15, 0.2) is 5.13 Å². The Kier molecular flexibility index (Phi) is 7.59. The van der Waals surface area contributed by atoms with Crippen molar-refractivity contribution >= 4 is 32.4 Å². The van der Waals surface area contributed by atoms with Crippen LogP contribution in [0, 0.1) is 5.82 Å². The van der Waals surface area contributed by atoms with Crippen LogP contribution in [0.3, 0.4) is 0 Å². The Morgan fingerprint density at radius 2 is 1.81 bits per heavy atom. The topological polar surface area (TPSA) is 97.4 Å². The Morgan fingerprint density at radius 1 is 1.10 bits per heavy atom. The van der Waals surface area contributed by atoms with Crippen LogP contribution in [0.15, 0.2) is 58.8 Å². The van der Waals surface area contributed by atoms with E-state index in [-0.39, 0.29) is 22.4 Å². The fourth-order valence-electron chi connectivity index (χ4n) is 2.72. The first kappa shape index (κ1) is 22.7. The van der Waals surface area contributed by atoms with Gasteiger partial charge in [0.2, 0.25) is 5.91 Å². The highest BCUT2D eigenvalue weighted by Crippen LogP contribution is 2.21. The molecule has 0 saturated carbocycles. The minimum absolute atomic E-state index is 0.0538. The molecule has 1 heterocycles. The number of hydrogen-bond donors (Lipinski definition) is 2. The van der Waals surface area contributed by atoms with Crippen molar-refractivity contribution < 1.29 is 22.3 Å². The van der Waals surface area contributed by atoms with E-state index in [4.69, 9.17) is 4.74 Å². The van der Waals surface area contributed by atoms with E-state index in [2.05, 4.69) is 15.0 Å². The summed E-state index contributed by atoms with van der Waals surface area (Å²) in [5, 5.41) is 4.76. The Hall–Kier alpha value is -2.98. The normalized spacial score (nSPS) is 11.2. The van der Waals surface area contributed by atoms with Crippen molar-refractivity contribution in [1.82, 2.24) is 10.3 Å². The third-order valence-corrected chi connectivity index (χ3v) is 6.69. The summed E-state index contributed by atoms with van der Waals surface area (Å²) >= 11 is 1.13. The third kappa shape index (κ3) is 6.76. The van der Waals surface area contributed by atoms with Gasteiger partial charge < -0.3 is 10.1 Å². The number of rotatable bonds is 10. The number of sulfonamides is 1. The van der Waals surface area contributed by atoms with Gasteiger partial charge >= 0.3 is 0 Å². The number of methoxy groups -OCH3 is 1. The molecule has 0 aliphatic heterocycles. The molecule has 3 rings (SSSR count). The summed E-state index contributed by atoms with van der Waals surface area (Å²) in [5.74, 6) is 0.170. The summed E-state index contributed by atoms with van der Waals surface area (Å²) in [4.78, 5) is 16.2. The molecule has 1 amide bonds. The standard InChI is InChI=1S/C21H22FN3O4S2/c1-29-18-7-2-15(3-8-18)12-13-23-20(26)11-6-17-14-30-21(24-17)25-31(27,28)19-9-4-16(22)5-10-19/h2-5,7-10,14H,6,11-13H2,1H3,(H,23,26)(H,24,25). The maximum atomic E-state index is 13.0. The molecule has 0 radical (unpaired) electrons. The van der Waals surface area contributed by atoms with E-state index in [1.54, 1.807) is 12.5 Å². The maximum Gasteiger partial charge on any atom is 0.263 e. The highest BCUT2D eigenvalue weighted by Gasteiger charge is 2.16. The Morgan fingerprint density at radius 3 is 2.48 bits per heavy atom. The first-order valence-corrected chi connectivity index (χ1v) is 11.8. The van der Waals surface area contributed by atoms with Gasteiger partial charge in [-0.2, -0.15) is 0 Å². The summed E-state index contributed by atoms with van der Waals surface area (Å²) in [5.41, 5.74) is 1.71. The monoisotopic (exact) mass is 463 g/mol. The second kappa shape index (κ2) is 10.4. The number of carbonyl (C=O) groups is 1. The lowest BCUT2D eigenvalue weighted by molar-refractivity contribution is -0.121. The van der Waals surface area contributed by atoms with Crippen LogP contribution < -0.4 is 14.8 Å². The Bertz CT molecular complexity index is 1110. The molecule has 2 N–H and O–H groups in total. The van der Waals surface area contributed by atoms with Gasteiger partial charge in [0.05, 0.1) is 17.7 Å². The van der Waals surface area contributed by atoms with Gasteiger partial charge in [0.1, 0.15) is 11.6 Å². The van der Waals surface area contributed by atoms with Crippen molar-refractivity contribution in [2.75, 3.05) is 18.4 Å². The number of ether oxygens (including phenoxy) is 1. The van der Waals surface area contributed by atoms with E-state index in [1.807, 2.05) is 24.3 Å². The van der Waals surface area contributed by atoms with E-state index in [0.717, 1.165) is 34.8 Å². The molecule has 164 valence electrons. The lowest BCUT2D eigenvalue weighted by Gasteiger charge is -2.06. The highest BCUT2D eigenvalue weighted by atomic mass is 32.2. The molecule has 3 aromatic rings. The van der Waals surface area contributed by atoms with Crippen molar-refractivity contribution in [3.63, 3.8) is 0 Å². The van der Waals surface area contributed by atoms with E-state index in [1.165, 1.54) is 12.1 Å². The van der Waals surface area contributed by atoms with Crippen molar-refractivity contribution in [2.24, 2.45) is 0 Å². The smallest absolute Gasteiger partial charge is 0.263 e. The van der Waals surface area contributed by atoms with Crippen LogP contribution >= 0.6 is 11.3 Å². The van der Waals surface area contributed by atoms with Gasteiger partial charge in [-0.25, -0.2) is 17.8 Å². The summed E-state index contributed by atoms with van der Waals surface area (Å²) in [6.07, 6.45) is 1.35. The summed E-state index contributed by atoms with van der Waals surface area (Å²) in [6, 6.07) is 12.2. The van der Waals surface area contributed by atoms with Crippen LogP contribution in [0.1, 0.15) is 17.7 Å². The molecule has 0 aliphatic carbocycles. The van der Waals surface area contributed by atoms with Crippen LogP contribution in [0.5, 0.6) is 5.75 Å². The van der Waals surface area contributed by atoms with E-state index >= 15 is 0 Å². The van der Waals surface area contributed by atoms with Crippen LogP contribution in [0.25, 0.3) is 0 Å². The average molecular weight is 464 g/mol. The minimum atomic E-state index is -3.85. The van der Waals surface area contributed by atoms with Crippen LogP contribution in [-0.2, 0) is 27.7 Å². The zero-order valence-electron chi connectivity index (χ0n) is 16.8. The minimum Gasteiger partial charge on any atom is -0.497 e. The van der Waals surface area contributed by atoms with Crippen molar-refractivity contribution in [2.45, 2.75) is 24.2 Å². The number of hydrogen-bond acceptors (Lipinski definition) is 6. The van der Waals surface area contributed by atoms with Gasteiger partial charge in [-0.05, 0) is 54.8 Å². The SMILES string of the molecule is COc1ccc(CCNC(=O)CCc2csc(NS(=O)(=O)c3ccc(F)cc3)n2)cc1. The zero-order valence-corrected chi connectivity index (χ0v) is 18.4. The molecule has 0 fully saturated rings. The first-order chi connectivity index (χ1) is 14.9. The predicted molar refractivity (Wildman–Crippen MR) is 117 cm³/mol. The number of nitrogens with zero attached hydrogens (tertiary/aromatic N) is 1. The third-order valence-electron chi connectivity index (χ3n) is 4.40. The summed E-state index contributed by atoms with van der Waals surface area (Å²) in [6.45, 7) is 0.519. The Balaban J connectivity index is 1.44. The second-order valence-electron chi connectivity index (χ2n) is 6.65. The molecule has 0 saturated heterocycles. The molecule has 0 aliphatic rings. The number of benzene rings is 2. The van der Waals surface area contributed by atoms with Gasteiger partial charge in [0, 0.05) is 18.3 Å². The van der Waals surface area contributed by atoms with Crippen molar-refractivity contribution in [3.05, 3.63) is 71.0 Å². The lowest BCUT2D eigenvalue weighted by Crippen LogP contribution is -2.25. The molecule has 10 heteroatoms. The molecule has 2 aromatic carbocycles. The van der Waals surface area contributed by atoms with Crippen molar-refractivity contribution in [3.8, 4) is 5.75 Å². The average Bonchev–Trinajstić information content (AvgIpc) is 3.19. The molecular weight excluding hydrogens is 441 g/mol. The number of nitrogens with one attached hydrogen (secondary N) is 2. The van der Waals surface area contributed by atoms with Crippen molar-refractivity contribution in [1.29, 1.82) is 0 Å². The van der Waals surface area contributed by atoms with Gasteiger partial charge in [-0.15, -0.1) is 11.3 Å². The molecule has 0 unspecified atom stereocenters. The molecular formula is C21H22FN3O4S2. The molecule has 1 aromatic heterocycles. The Labute approximate surface area is 184 Å².